The lowest BCUT2D eigenvalue weighted by atomic mass is 10.0. The first-order valence-corrected chi connectivity index (χ1v) is 16.1. The Bertz CT molecular complexity index is 2110. The van der Waals surface area contributed by atoms with E-state index in [1.54, 1.807) is 60.7 Å². The van der Waals surface area contributed by atoms with Gasteiger partial charge in [-0.15, -0.1) is 0 Å². The van der Waals surface area contributed by atoms with E-state index in [2.05, 4.69) is 0 Å². The zero-order valence-electron chi connectivity index (χ0n) is 42.9. The summed E-state index contributed by atoms with van der Waals surface area (Å²) in [4.78, 5) is 0. The van der Waals surface area contributed by atoms with E-state index in [1.807, 2.05) is 26.0 Å². The quantitative estimate of drug-likeness (QED) is 0.0888. The molecule has 0 aliphatic heterocycles. The third-order valence-corrected chi connectivity index (χ3v) is 7.21. The fraction of sp³-hybridized carbons (Fsp3) is 0.429. The lowest BCUT2D eigenvalue weighted by Crippen LogP contribution is -2.17. The number of aliphatic hydroxyl groups is 2. The molecule has 8 nitrogen and oxygen atoms in total. The minimum Gasteiger partial charge on any atom is -0.493 e. The van der Waals surface area contributed by atoms with E-state index in [4.69, 9.17) is 47.6 Å². The zero-order chi connectivity index (χ0) is 48.4. The van der Waals surface area contributed by atoms with E-state index in [1.165, 1.54) is 26.4 Å². The molecule has 2 unspecified atom stereocenters. The van der Waals surface area contributed by atoms with Crippen LogP contribution in [-0.2, 0) is 12.8 Å². The lowest BCUT2D eigenvalue weighted by molar-refractivity contribution is 0.0976. The summed E-state index contributed by atoms with van der Waals surface area (Å²) in [6, 6.07) is 22.3. The van der Waals surface area contributed by atoms with Gasteiger partial charge >= 0.3 is 0 Å². The Morgan fingerprint density at radius 2 is 1.10 bits per heavy atom. The van der Waals surface area contributed by atoms with Crippen LogP contribution < -0.4 is 28.4 Å². The van der Waals surface area contributed by atoms with E-state index >= 15 is 0 Å². The first-order chi connectivity index (χ1) is 29.4. The maximum atomic E-state index is 10.4. The molecule has 0 radical (unpaired) electrons. The zero-order valence-corrected chi connectivity index (χ0v) is 28.9. The van der Waals surface area contributed by atoms with Gasteiger partial charge in [-0.3, -0.25) is 0 Å². The van der Waals surface area contributed by atoms with Gasteiger partial charge in [0.25, 0.3) is 0 Å². The van der Waals surface area contributed by atoms with Crippen molar-refractivity contribution in [1.29, 1.82) is 0 Å². The van der Waals surface area contributed by atoms with Gasteiger partial charge in [-0.1, -0.05) is 49.2 Å². The standard InChI is InChI=1S/2C21H28O4/c2*1-16-7-6-10-19(13-16)25-15-18(22)9-5-4-8-17-11-12-20(23-2)21(14-17)24-3/h2*6-7,10-14,18,22H,4-5,8-9,15H2,1-3H3/i2D3,3D3,15D2,18D;8D2,15D2,18D. The highest BCUT2D eigenvalue weighted by Gasteiger charge is 2.09. The molecule has 8 heteroatoms. The molecule has 0 fully saturated rings. The second-order valence-electron chi connectivity index (χ2n) is 11.2. The number of benzene rings is 4. The molecule has 4 aromatic carbocycles. The van der Waals surface area contributed by atoms with E-state index in [-0.39, 0.29) is 55.1 Å². The average Bonchev–Trinajstić information content (AvgIpc) is 3.15. The molecule has 0 aliphatic carbocycles. The van der Waals surface area contributed by atoms with Gasteiger partial charge in [0, 0.05) is 2.74 Å². The third-order valence-electron chi connectivity index (χ3n) is 7.21. The number of unbranched alkanes of at least 4 members (excludes halogenated alkanes) is 1. The fourth-order valence-electron chi connectivity index (χ4n) is 4.62. The minimum absolute atomic E-state index is 0.0236. The van der Waals surface area contributed by atoms with Crippen LogP contribution >= 0.6 is 0 Å². The molecule has 0 saturated carbocycles. The summed E-state index contributed by atoms with van der Waals surface area (Å²) < 4.78 is 139. The monoisotopic (exact) mass is 702 g/mol. The highest BCUT2D eigenvalue weighted by atomic mass is 16.5. The Balaban J connectivity index is 0.000000343. The predicted octanol–water partition coefficient (Wildman–Crippen LogP) is 8.33. The SMILES string of the molecule is [2H]C([2H])(CCCC([2H])(O)C([2H])([2H])Oc1cccc(C)c1)c1ccc(OC)c(OC)c1.[2H]C([2H])([2H])Oc1ccc(CCCCC([2H])(O)C([2H])([2H])Oc2cccc(C)c2)cc1OC([2H])([2H])[2H]. The normalized spacial score (nSPS) is 18.6. The van der Waals surface area contributed by atoms with Crippen molar-refractivity contribution in [2.75, 3.05) is 41.4 Å². The molecular weight excluding hydrogens is 632 g/mol. The Kier molecular flexibility index (Phi) is 10.7. The molecule has 0 amide bonds. The smallest absolute Gasteiger partial charge is 0.160 e. The topological polar surface area (TPSA) is 95.8 Å². The van der Waals surface area contributed by atoms with Gasteiger partial charge in [-0.25, -0.2) is 0 Å². The van der Waals surface area contributed by atoms with Crippen molar-refractivity contribution < 1.29 is 57.8 Å². The maximum absolute atomic E-state index is 10.4. The molecule has 50 heavy (non-hydrogen) atoms. The number of hydrogen-bond acceptors (Lipinski definition) is 8. The first kappa shape index (κ1) is 23.9. The second kappa shape index (κ2) is 22.3. The largest absolute Gasteiger partial charge is 0.493 e. The molecule has 0 aliphatic rings. The highest BCUT2D eigenvalue weighted by Crippen LogP contribution is 2.29. The van der Waals surface area contributed by atoms with Gasteiger partial charge in [0.1, 0.15) is 24.6 Å². The lowest BCUT2D eigenvalue weighted by Gasteiger charge is -2.13. The van der Waals surface area contributed by atoms with Crippen LogP contribution in [0, 0.1) is 13.8 Å². The van der Waals surface area contributed by atoms with Crippen LogP contribution in [-0.4, -0.2) is 63.8 Å². The number of ether oxygens (including phenoxy) is 6. The highest BCUT2D eigenvalue weighted by molar-refractivity contribution is 5.43. The summed E-state index contributed by atoms with van der Waals surface area (Å²) in [7, 11) is -2.63. The van der Waals surface area contributed by atoms with Crippen LogP contribution in [0.4, 0.5) is 0 Å². The molecule has 0 saturated heterocycles. The van der Waals surface area contributed by atoms with Crippen molar-refractivity contribution in [3.8, 4) is 34.5 Å². The van der Waals surface area contributed by atoms with Crippen molar-refractivity contribution in [3.05, 3.63) is 107 Å². The molecule has 0 heterocycles. The van der Waals surface area contributed by atoms with E-state index in [0.29, 0.717) is 35.5 Å². The number of rotatable bonds is 20. The molecule has 4 aromatic rings. The Hall–Kier alpha value is -4.40. The summed E-state index contributed by atoms with van der Waals surface area (Å²) in [5.41, 5.74) is 2.69. The minimum atomic E-state index is -2.81. The Morgan fingerprint density at radius 3 is 1.66 bits per heavy atom. The van der Waals surface area contributed by atoms with Crippen LogP contribution in [0.1, 0.15) is 80.0 Å². The number of hydrogen-bond donors (Lipinski definition) is 2. The summed E-state index contributed by atoms with van der Waals surface area (Å²) in [5, 5.41) is 20.8. The Morgan fingerprint density at radius 1 is 0.600 bits per heavy atom. The molecule has 4 rings (SSSR count). The maximum Gasteiger partial charge on any atom is 0.160 e. The molecule has 0 aromatic heterocycles. The third kappa shape index (κ3) is 14.6. The van der Waals surface area contributed by atoms with Gasteiger partial charge in [0.05, 0.1) is 56.9 Å². The van der Waals surface area contributed by atoms with Gasteiger partial charge in [0.2, 0.25) is 0 Å². The summed E-state index contributed by atoms with van der Waals surface area (Å²) in [6.07, 6.45) is -6.24. The van der Waals surface area contributed by atoms with Crippen LogP contribution in [0.5, 0.6) is 34.5 Å². The second-order valence-corrected chi connectivity index (χ2v) is 11.2. The van der Waals surface area contributed by atoms with E-state index < -0.39 is 45.7 Å². The van der Waals surface area contributed by atoms with Crippen LogP contribution in [0.2, 0.25) is 0 Å². The molecule has 0 spiro atoms. The summed E-state index contributed by atoms with van der Waals surface area (Å²) >= 11 is 0. The number of aryl methyl sites for hydroxylation is 4. The van der Waals surface area contributed by atoms with Gasteiger partial charge in [-0.2, -0.15) is 0 Å². The number of methoxy groups -OCH3 is 4. The Labute approximate surface area is 318 Å². The van der Waals surface area contributed by atoms with Crippen molar-refractivity contribution >= 4 is 0 Å². The van der Waals surface area contributed by atoms with Gasteiger partial charge < -0.3 is 38.6 Å². The van der Waals surface area contributed by atoms with E-state index in [0.717, 1.165) is 11.1 Å². The van der Waals surface area contributed by atoms with Crippen molar-refractivity contribution in [3.63, 3.8) is 0 Å². The summed E-state index contributed by atoms with van der Waals surface area (Å²) in [6.45, 7) is -1.69. The van der Waals surface area contributed by atoms with Crippen LogP contribution in [0.15, 0.2) is 84.9 Å². The van der Waals surface area contributed by atoms with Crippen molar-refractivity contribution in [1.82, 2.24) is 0 Å². The molecule has 2 N–H and O–H groups in total. The van der Waals surface area contributed by atoms with Crippen LogP contribution in [0.25, 0.3) is 0 Å². The van der Waals surface area contributed by atoms with Gasteiger partial charge in [0.15, 0.2) is 23.0 Å². The van der Waals surface area contributed by atoms with Gasteiger partial charge in [-0.05, 0) is 123 Å². The van der Waals surface area contributed by atoms with Crippen LogP contribution in [0.3, 0.4) is 0 Å². The van der Waals surface area contributed by atoms with Crippen molar-refractivity contribution in [2.24, 2.45) is 0 Å². The molecule has 2 atom stereocenters. The summed E-state index contributed by atoms with van der Waals surface area (Å²) in [5.74, 6) is 0.830. The molecular formula is C42H56O8. The first-order valence-electron chi connectivity index (χ1n) is 23.1. The molecule has 0 bridgehead atoms. The molecule has 272 valence electrons. The fourth-order valence-corrected chi connectivity index (χ4v) is 4.62. The van der Waals surface area contributed by atoms with Crippen molar-refractivity contribution in [2.45, 2.75) is 77.3 Å². The predicted molar refractivity (Wildman–Crippen MR) is 200 cm³/mol. The average molecular weight is 703 g/mol. The van der Waals surface area contributed by atoms with E-state index in [9.17, 15) is 10.2 Å².